The van der Waals surface area contributed by atoms with E-state index in [1.807, 2.05) is 36.4 Å². The summed E-state index contributed by atoms with van der Waals surface area (Å²) in [6.07, 6.45) is 0. The summed E-state index contributed by atoms with van der Waals surface area (Å²) >= 11 is 0. The summed E-state index contributed by atoms with van der Waals surface area (Å²) in [7, 11) is 0. The number of anilines is 1. The van der Waals surface area contributed by atoms with Crippen LogP contribution in [0.3, 0.4) is 0 Å². The zero-order valence-electron chi connectivity index (χ0n) is 12.8. The fourth-order valence-electron chi connectivity index (χ4n) is 2.71. The molecule has 0 radical (unpaired) electrons. The molecular weight excluding hydrogens is 308 g/mol. The monoisotopic (exact) mass is 321 g/mol. The van der Waals surface area contributed by atoms with Crippen LogP contribution in [0.15, 0.2) is 48.5 Å². The van der Waals surface area contributed by atoms with Crippen molar-refractivity contribution in [3.05, 3.63) is 71.3 Å². The van der Waals surface area contributed by atoms with E-state index in [9.17, 15) is 14.0 Å². The number of aromatic nitrogens is 1. The van der Waals surface area contributed by atoms with Crippen molar-refractivity contribution in [2.45, 2.75) is 6.92 Å². The van der Waals surface area contributed by atoms with Gasteiger partial charge in [-0.15, -0.1) is 0 Å². The van der Waals surface area contributed by atoms with Crippen molar-refractivity contribution in [3.8, 4) is 28.5 Å². The Hall–Kier alpha value is -3.26. The van der Waals surface area contributed by atoms with Crippen LogP contribution < -0.4 is 5.73 Å². The number of halogens is 2. The lowest BCUT2D eigenvalue weighted by Crippen LogP contribution is -2.04. The number of hydrogen-bond acceptors (Lipinski definition) is 3. The Morgan fingerprint density at radius 3 is 2.42 bits per heavy atom. The van der Waals surface area contributed by atoms with Gasteiger partial charge in [-0.3, -0.25) is 0 Å². The number of nitriles is 1. The quantitative estimate of drug-likeness (QED) is 0.758. The van der Waals surface area contributed by atoms with Crippen molar-refractivity contribution in [1.82, 2.24) is 4.98 Å². The molecule has 1 heterocycles. The van der Waals surface area contributed by atoms with Crippen molar-refractivity contribution in [2.24, 2.45) is 0 Å². The molecule has 0 aliphatic rings. The van der Waals surface area contributed by atoms with Gasteiger partial charge in [-0.05, 0) is 24.6 Å². The molecule has 3 nitrogen and oxygen atoms in total. The summed E-state index contributed by atoms with van der Waals surface area (Å²) in [4.78, 5) is 4.31. The molecule has 2 aromatic carbocycles. The maximum absolute atomic E-state index is 14.3. The predicted octanol–water partition coefficient (Wildman–Crippen LogP) is 4.46. The first kappa shape index (κ1) is 15.6. The smallest absolute Gasteiger partial charge is 0.142 e. The van der Waals surface area contributed by atoms with E-state index < -0.39 is 11.6 Å². The molecule has 0 unspecified atom stereocenters. The molecule has 0 saturated carbocycles. The summed E-state index contributed by atoms with van der Waals surface area (Å²) in [6, 6.07) is 14.5. The highest BCUT2D eigenvalue weighted by Gasteiger charge is 2.20. The van der Waals surface area contributed by atoms with Crippen LogP contribution in [0.5, 0.6) is 0 Å². The molecule has 0 spiro atoms. The second-order valence-corrected chi connectivity index (χ2v) is 5.32. The first-order chi connectivity index (χ1) is 11.5. The van der Waals surface area contributed by atoms with Gasteiger partial charge in [-0.25, -0.2) is 13.8 Å². The second kappa shape index (κ2) is 6.09. The lowest BCUT2D eigenvalue weighted by atomic mass is 9.92. The van der Waals surface area contributed by atoms with Crippen LogP contribution in [-0.4, -0.2) is 4.98 Å². The Morgan fingerprint density at radius 2 is 1.79 bits per heavy atom. The molecule has 0 amide bonds. The molecule has 1 aromatic heterocycles. The molecule has 0 fully saturated rings. The molecule has 2 N–H and O–H groups in total. The Morgan fingerprint density at radius 1 is 1.08 bits per heavy atom. The van der Waals surface area contributed by atoms with E-state index in [4.69, 9.17) is 5.73 Å². The van der Waals surface area contributed by atoms with Crippen molar-refractivity contribution in [2.75, 3.05) is 5.73 Å². The van der Waals surface area contributed by atoms with Gasteiger partial charge >= 0.3 is 0 Å². The summed E-state index contributed by atoms with van der Waals surface area (Å²) in [5.74, 6) is -1.42. The zero-order valence-corrected chi connectivity index (χ0v) is 12.8. The average molecular weight is 321 g/mol. The van der Waals surface area contributed by atoms with Crippen LogP contribution in [-0.2, 0) is 0 Å². The highest BCUT2D eigenvalue weighted by atomic mass is 19.1. The van der Waals surface area contributed by atoms with Crippen molar-refractivity contribution in [3.63, 3.8) is 0 Å². The first-order valence-corrected chi connectivity index (χ1v) is 7.24. The average Bonchev–Trinajstić information content (AvgIpc) is 2.57. The van der Waals surface area contributed by atoms with Crippen LogP contribution in [0.4, 0.5) is 14.6 Å². The van der Waals surface area contributed by atoms with E-state index in [1.165, 1.54) is 6.07 Å². The third-order valence-corrected chi connectivity index (χ3v) is 3.83. The highest BCUT2D eigenvalue weighted by molar-refractivity contribution is 5.84. The zero-order chi connectivity index (χ0) is 17.3. The van der Waals surface area contributed by atoms with Gasteiger partial charge in [0.25, 0.3) is 0 Å². The Kier molecular flexibility index (Phi) is 3.97. The standard InChI is InChI=1S/C19H13F2N3/c1-11-17(14-8-7-13(20)9-16(14)21)15(10-22)19(23)24-18(11)12-5-3-2-4-6-12/h2-9H,1H3,(H2,23,24). The summed E-state index contributed by atoms with van der Waals surface area (Å²) in [5.41, 5.74) is 8.43. The molecule has 0 bridgehead atoms. The minimum Gasteiger partial charge on any atom is -0.383 e. The number of nitrogen functional groups attached to an aromatic ring is 1. The van der Waals surface area contributed by atoms with E-state index in [1.54, 1.807) is 6.92 Å². The van der Waals surface area contributed by atoms with E-state index >= 15 is 0 Å². The second-order valence-electron chi connectivity index (χ2n) is 5.32. The van der Waals surface area contributed by atoms with Crippen molar-refractivity contribution < 1.29 is 8.78 Å². The minimum absolute atomic E-state index is 0.0145. The molecule has 0 aliphatic carbocycles. The number of nitrogens with two attached hydrogens (primary N) is 1. The van der Waals surface area contributed by atoms with Gasteiger partial charge in [0.15, 0.2) is 0 Å². The van der Waals surface area contributed by atoms with Crippen LogP contribution in [0.2, 0.25) is 0 Å². The number of benzene rings is 2. The topological polar surface area (TPSA) is 62.7 Å². The number of nitrogens with zero attached hydrogens (tertiary/aromatic N) is 2. The van der Waals surface area contributed by atoms with E-state index in [0.717, 1.165) is 17.7 Å². The molecule has 0 saturated heterocycles. The number of rotatable bonds is 2. The molecule has 5 heteroatoms. The third-order valence-electron chi connectivity index (χ3n) is 3.83. The maximum Gasteiger partial charge on any atom is 0.142 e. The minimum atomic E-state index is -0.751. The Labute approximate surface area is 138 Å². The first-order valence-electron chi connectivity index (χ1n) is 7.24. The summed E-state index contributed by atoms with van der Waals surface area (Å²) in [6.45, 7) is 1.74. The maximum atomic E-state index is 14.3. The Balaban J connectivity index is 2.36. The van der Waals surface area contributed by atoms with E-state index in [-0.39, 0.29) is 16.9 Å². The van der Waals surface area contributed by atoms with Gasteiger partial charge in [-0.2, -0.15) is 5.26 Å². The number of pyridine rings is 1. The van der Waals surface area contributed by atoms with Crippen molar-refractivity contribution in [1.29, 1.82) is 5.26 Å². The van der Waals surface area contributed by atoms with E-state index in [0.29, 0.717) is 16.8 Å². The van der Waals surface area contributed by atoms with Crippen LogP contribution in [0.25, 0.3) is 22.4 Å². The molecule has 3 rings (SSSR count). The lowest BCUT2D eigenvalue weighted by Gasteiger charge is -2.15. The molecule has 0 atom stereocenters. The highest BCUT2D eigenvalue weighted by Crippen LogP contribution is 2.36. The van der Waals surface area contributed by atoms with Gasteiger partial charge in [0.2, 0.25) is 0 Å². The van der Waals surface area contributed by atoms with Gasteiger partial charge in [0.05, 0.1) is 5.69 Å². The molecule has 0 aliphatic heterocycles. The van der Waals surface area contributed by atoms with Gasteiger partial charge in [-0.1, -0.05) is 30.3 Å². The molecular formula is C19H13F2N3. The lowest BCUT2D eigenvalue weighted by molar-refractivity contribution is 0.585. The van der Waals surface area contributed by atoms with Crippen molar-refractivity contribution >= 4 is 5.82 Å². The van der Waals surface area contributed by atoms with Crippen LogP contribution in [0, 0.1) is 29.9 Å². The molecule has 3 aromatic rings. The normalized spacial score (nSPS) is 10.4. The molecule has 118 valence electrons. The van der Waals surface area contributed by atoms with Gasteiger partial charge in [0.1, 0.15) is 29.1 Å². The van der Waals surface area contributed by atoms with Crippen LogP contribution >= 0.6 is 0 Å². The third kappa shape index (κ3) is 2.59. The molecule has 24 heavy (non-hydrogen) atoms. The summed E-state index contributed by atoms with van der Waals surface area (Å²) in [5, 5.41) is 9.43. The van der Waals surface area contributed by atoms with Crippen LogP contribution in [0.1, 0.15) is 11.1 Å². The largest absolute Gasteiger partial charge is 0.383 e. The number of hydrogen-bond donors (Lipinski definition) is 1. The fraction of sp³-hybridized carbons (Fsp3) is 0.0526. The Bertz CT molecular complexity index is 961. The SMILES string of the molecule is Cc1c(-c2ccccc2)nc(N)c(C#N)c1-c1ccc(F)cc1F. The van der Waals surface area contributed by atoms with Gasteiger partial charge < -0.3 is 5.73 Å². The van der Waals surface area contributed by atoms with Gasteiger partial charge in [0, 0.05) is 22.8 Å². The van der Waals surface area contributed by atoms with E-state index in [2.05, 4.69) is 4.98 Å². The predicted molar refractivity (Wildman–Crippen MR) is 88.9 cm³/mol. The fourth-order valence-corrected chi connectivity index (χ4v) is 2.71. The summed E-state index contributed by atoms with van der Waals surface area (Å²) < 4.78 is 27.5.